The standard InChI is InChI=1S/C23H24O4/c1-24-15-18-3-9-21(10-4-18)26-17-20-7-13-23(14-8-20)27-22-11-5-19(6-12-22)16-25-2/h3-14H,15-17H2,1-2H3. The molecule has 4 heteroatoms. The molecule has 0 atom stereocenters. The number of benzene rings is 3. The second-order valence-corrected chi connectivity index (χ2v) is 6.19. The first-order chi connectivity index (χ1) is 13.3. The fourth-order valence-corrected chi connectivity index (χ4v) is 2.63. The van der Waals surface area contributed by atoms with Crippen LogP contribution in [0.5, 0.6) is 17.2 Å². The number of hydrogen-bond acceptors (Lipinski definition) is 4. The van der Waals surface area contributed by atoms with E-state index in [9.17, 15) is 0 Å². The molecule has 0 fully saturated rings. The lowest BCUT2D eigenvalue weighted by Crippen LogP contribution is -1.96. The van der Waals surface area contributed by atoms with Gasteiger partial charge in [-0.3, -0.25) is 0 Å². The molecule has 140 valence electrons. The molecule has 0 saturated heterocycles. The first kappa shape index (κ1) is 19.0. The zero-order chi connectivity index (χ0) is 18.9. The zero-order valence-electron chi connectivity index (χ0n) is 15.7. The summed E-state index contributed by atoms with van der Waals surface area (Å²) in [5, 5.41) is 0. The van der Waals surface area contributed by atoms with Crippen molar-refractivity contribution in [1.29, 1.82) is 0 Å². The fourth-order valence-electron chi connectivity index (χ4n) is 2.63. The molecule has 0 aliphatic carbocycles. The van der Waals surface area contributed by atoms with E-state index in [1.807, 2.05) is 72.8 Å². The topological polar surface area (TPSA) is 36.9 Å². The van der Waals surface area contributed by atoms with Crippen LogP contribution < -0.4 is 9.47 Å². The largest absolute Gasteiger partial charge is 0.489 e. The molecule has 0 N–H and O–H groups in total. The predicted octanol–water partition coefficient (Wildman–Crippen LogP) is 5.35. The van der Waals surface area contributed by atoms with Crippen molar-refractivity contribution in [2.24, 2.45) is 0 Å². The third kappa shape index (κ3) is 5.84. The summed E-state index contributed by atoms with van der Waals surface area (Å²) in [4.78, 5) is 0. The van der Waals surface area contributed by atoms with Gasteiger partial charge < -0.3 is 18.9 Å². The molecule has 27 heavy (non-hydrogen) atoms. The number of hydrogen-bond donors (Lipinski definition) is 0. The van der Waals surface area contributed by atoms with Crippen molar-refractivity contribution in [3.63, 3.8) is 0 Å². The molecular weight excluding hydrogens is 340 g/mol. The highest BCUT2D eigenvalue weighted by Crippen LogP contribution is 2.23. The van der Waals surface area contributed by atoms with Crippen LogP contribution >= 0.6 is 0 Å². The van der Waals surface area contributed by atoms with Crippen molar-refractivity contribution in [2.75, 3.05) is 14.2 Å². The van der Waals surface area contributed by atoms with Crippen LogP contribution in [0.15, 0.2) is 72.8 Å². The highest BCUT2D eigenvalue weighted by atomic mass is 16.5. The van der Waals surface area contributed by atoms with Crippen molar-refractivity contribution in [2.45, 2.75) is 19.8 Å². The van der Waals surface area contributed by atoms with Crippen LogP contribution in [0.1, 0.15) is 16.7 Å². The summed E-state index contributed by atoms with van der Waals surface area (Å²) in [6, 6.07) is 23.7. The van der Waals surface area contributed by atoms with Crippen LogP contribution in [0, 0.1) is 0 Å². The highest BCUT2D eigenvalue weighted by Gasteiger charge is 2.01. The van der Waals surface area contributed by atoms with Gasteiger partial charge in [-0.05, 0) is 53.1 Å². The third-order valence-electron chi connectivity index (χ3n) is 4.03. The molecule has 0 aliphatic heterocycles. The molecule has 0 amide bonds. The first-order valence-electron chi connectivity index (χ1n) is 8.82. The van der Waals surface area contributed by atoms with E-state index in [0.29, 0.717) is 19.8 Å². The Morgan fingerprint density at radius 2 is 0.852 bits per heavy atom. The molecule has 3 aromatic rings. The predicted molar refractivity (Wildman–Crippen MR) is 105 cm³/mol. The van der Waals surface area contributed by atoms with Crippen molar-refractivity contribution in [3.8, 4) is 17.2 Å². The third-order valence-corrected chi connectivity index (χ3v) is 4.03. The van der Waals surface area contributed by atoms with Crippen LogP contribution in [0.3, 0.4) is 0 Å². The van der Waals surface area contributed by atoms with Crippen molar-refractivity contribution in [1.82, 2.24) is 0 Å². The maximum Gasteiger partial charge on any atom is 0.127 e. The fraction of sp³-hybridized carbons (Fsp3) is 0.217. The first-order valence-corrected chi connectivity index (χ1v) is 8.82. The number of methoxy groups -OCH3 is 2. The average molecular weight is 364 g/mol. The Hall–Kier alpha value is -2.82. The molecule has 0 bridgehead atoms. The summed E-state index contributed by atoms with van der Waals surface area (Å²) >= 11 is 0. The Morgan fingerprint density at radius 1 is 0.481 bits per heavy atom. The molecule has 0 spiro atoms. The van der Waals surface area contributed by atoms with Gasteiger partial charge in [0.25, 0.3) is 0 Å². The molecule has 3 aromatic carbocycles. The van der Waals surface area contributed by atoms with Gasteiger partial charge in [-0.15, -0.1) is 0 Å². The van der Waals surface area contributed by atoms with Crippen LogP contribution in [0.4, 0.5) is 0 Å². The highest BCUT2D eigenvalue weighted by molar-refractivity contribution is 5.34. The van der Waals surface area contributed by atoms with Gasteiger partial charge in [-0.1, -0.05) is 36.4 Å². The molecule has 3 rings (SSSR count). The number of rotatable bonds is 9. The van der Waals surface area contributed by atoms with E-state index in [1.165, 1.54) is 0 Å². The van der Waals surface area contributed by atoms with E-state index >= 15 is 0 Å². The molecule has 0 aromatic heterocycles. The minimum Gasteiger partial charge on any atom is -0.489 e. The van der Waals surface area contributed by atoms with Gasteiger partial charge in [-0.25, -0.2) is 0 Å². The van der Waals surface area contributed by atoms with E-state index in [2.05, 4.69) is 0 Å². The van der Waals surface area contributed by atoms with Gasteiger partial charge in [0, 0.05) is 14.2 Å². The van der Waals surface area contributed by atoms with E-state index in [4.69, 9.17) is 18.9 Å². The molecular formula is C23H24O4. The smallest absolute Gasteiger partial charge is 0.127 e. The van der Waals surface area contributed by atoms with Gasteiger partial charge >= 0.3 is 0 Å². The summed E-state index contributed by atoms with van der Waals surface area (Å²) in [5.74, 6) is 2.43. The normalized spacial score (nSPS) is 10.6. The van der Waals surface area contributed by atoms with E-state index in [-0.39, 0.29) is 0 Å². The molecule has 0 aliphatic rings. The Morgan fingerprint density at radius 3 is 1.26 bits per heavy atom. The van der Waals surface area contributed by atoms with E-state index in [0.717, 1.165) is 33.9 Å². The minimum atomic E-state index is 0.510. The van der Waals surface area contributed by atoms with Crippen LogP contribution in [0.2, 0.25) is 0 Å². The van der Waals surface area contributed by atoms with Crippen LogP contribution in [-0.4, -0.2) is 14.2 Å². The molecule has 0 unspecified atom stereocenters. The lowest BCUT2D eigenvalue weighted by atomic mass is 10.2. The maximum atomic E-state index is 5.87. The van der Waals surface area contributed by atoms with Gasteiger partial charge in [0.05, 0.1) is 13.2 Å². The van der Waals surface area contributed by atoms with Crippen molar-refractivity contribution >= 4 is 0 Å². The zero-order valence-corrected chi connectivity index (χ0v) is 15.7. The SMILES string of the molecule is COCc1ccc(OCc2ccc(Oc3ccc(COC)cc3)cc2)cc1. The summed E-state index contributed by atoms with van der Waals surface area (Å²) in [6.07, 6.45) is 0. The minimum absolute atomic E-state index is 0.510. The molecule has 0 saturated carbocycles. The Labute approximate surface area is 160 Å². The van der Waals surface area contributed by atoms with E-state index < -0.39 is 0 Å². The Kier molecular flexibility index (Phi) is 6.85. The second kappa shape index (κ2) is 9.76. The Balaban J connectivity index is 1.52. The second-order valence-electron chi connectivity index (χ2n) is 6.19. The summed E-state index contributed by atoms with van der Waals surface area (Å²) in [6.45, 7) is 1.72. The van der Waals surface area contributed by atoms with Crippen LogP contribution in [-0.2, 0) is 29.3 Å². The lowest BCUT2D eigenvalue weighted by molar-refractivity contribution is 0.185. The quantitative estimate of drug-likeness (QED) is 0.513. The summed E-state index contributed by atoms with van der Waals surface area (Å²) < 4.78 is 21.9. The Bertz CT molecular complexity index is 809. The van der Waals surface area contributed by atoms with Crippen molar-refractivity contribution in [3.05, 3.63) is 89.5 Å². The van der Waals surface area contributed by atoms with Gasteiger partial charge in [-0.2, -0.15) is 0 Å². The number of ether oxygens (including phenoxy) is 4. The van der Waals surface area contributed by atoms with Crippen LogP contribution in [0.25, 0.3) is 0 Å². The van der Waals surface area contributed by atoms with E-state index in [1.54, 1.807) is 14.2 Å². The summed E-state index contributed by atoms with van der Waals surface area (Å²) in [5.41, 5.74) is 3.33. The monoisotopic (exact) mass is 364 g/mol. The van der Waals surface area contributed by atoms with Gasteiger partial charge in [0.15, 0.2) is 0 Å². The molecule has 0 radical (unpaired) electrons. The average Bonchev–Trinajstić information content (AvgIpc) is 2.70. The maximum absolute atomic E-state index is 5.87. The van der Waals surface area contributed by atoms with Gasteiger partial charge in [0.1, 0.15) is 23.9 Å². The van der Waals surface area contributed by atoms with Gasteiger partial charge in [0.2, 0.25) is 0 Å². The van der Waals surface area contributed by atoms with Crippen molar-refractivity contribution < 1.29 is 18.9 Å². The summed E-state index contributed by atoms with van der Waals surface area (Å²) in [7, 11) is 3.38. The molecule has 4 nitrogen and oxygen atoms in total. The molecule has 0 heterocycles. The lowest BCUT2D eigenvalue weighted by Gasteiger charge is -2.09.